The summed E-state index contributed by atoms with van der Waals surface area (Å²) in [5.74, 6) is 0.943. The van der Waals surface area contributed by atoms with Crippen molar-refractivity contribution >= 4 is 17.6 Å². The zero-order valence-corrected chi connectivity index (χ0v) is 12.5. The number of esters is 1. The molecule has 0 fully saturated rings. The molecule has 0 N–H and O–H groups in total. The molecule has 0 bridgehead atoms. The van der Waals surface area contributed by atoms with E-state index in [1.165, 1.54) is 6.26 Å². The first-order valence-electron chi connectivity index (χ1n) is 6.55. The van der Waals surface area contributed by atoms with E-state index in [1.807, 2.05) is 12.1 Å². The van der Waals surface area contributed by atoms with Gasteiger partial charge in [0, 0.05) is 10.6 Å². The van der Waals surface area contributed by atoms with Gasteiger partial charge in [0.15, 0.2) is 12.4 Å². The summed E-state index contributed by atoms with van der Waals surface area (Å²) in [5, 5.41) is 0.646. The average molecular weight is 318 g/mol. The number of oxazole rings is 1. The van der Waals surface area contributed by atoms with E-state index < -0.39 is 5.97 Å². The highest BCUT2D eigenvalue weighted by atomic mass is 35.5. The smallest absolute Gasteiger partial charge is 0.342 e. The van der Waals surface area contributed by atoms with Gasteiger partial charge in [0.05, 0.1) is 12.5 Å². The summed E-state index contributed by atoms with van der Waals surface area (Å²) in [6.45, 7) is 1.65. The van der Waals surface area contributed by atoms with E-state index in [2.05, 4.69) is 4.98 Å². The maximum atomic E-state index is 11.8. The van der Waals surface area contributed by atoms with E-state index in [-0.39, 0.29) is 6.61 Å². The second kappa shape index (κ2) is 6.07. The molecular weight excluding hydrogens is 306 g/mol. The lowest BCUT2D eigenvalue weighted by Gasteiger charge is -2.01. The number of hydrogen-bond donors (Lipinski definition) is 0. The number of hydrogen-bond acceptors (Lipinski definition) is 5. The van der Waals surface area contributed by atoms with Gasteiger partial charge in [0.25, 0.3) is 0 Å². The predicted octanol–water partition coefficient (Wildman–Crippen LogP) is 4.25. The first-order valence-corrected chi connectivity index (χ1v) is 6.93. The zero-order valence-electron chi connectivity index (χ0n) is 11.7. The molecular formula is C16H12ClNO4. The minimum atomic E-state index is -0.475. The van der Waals surface area contributed by atoms with Gasteiger partial charge in [-0.2, -0.15) is 0 Å². The topological polar surface area (TPSA) is 65.5 Å². The molecule has 2 aromatic heterocycles. The first kappa shape index (κ1) is 14.4. The molecule has 2 heterocycles. The van der Waals surface area contributed by atoms with Crippen LogP contribution < -0.4 is 0 Å². The van der Waals surface area contributed by atoms with E-state index in [1.54, 1.807) is 31.3 Å². The molecule has 6 heteroatoms. The van der Waals surface area contributed by atoms with Crippen LogP contribution >= 0.6 is 11.6 Å². The molecule has 0 radical (unpaired) electrons. The normalized spacial score (nSPS) is 10.6. The van der Waals surface area contributed by atoms with Crippen LogP contribution in [0.25, 0.3) is 11.3 Å². The Balaban J connectivity index is 1.66. The van der Waals surface area contributed by atoms with Crippen LogP contribution in [0.15, 0.2) is 51.6 Å². The standard InChI is InChI=1S/C16H12ClNO4/c1-10-13(6-7-20-10)16(19)21-9-15-18-8-14(22-15)11-2-4-12(17)5-3-11/h2-8H,9H2,1H3. The molecule has 22 heavy (non-hydrogen) atoms. The highest BCUT2D eigenvalue weighted by Gasteiger charge is 2.14. The van der Waals surface area contributed by atoms with Gasteiger partial charge in [-0.25, -0.2) is 9.78 Å². The lowest BCUT2D eigenvalue weighted by atomic mass is 10.2. The molecule has 0 atom stereocenters. The van der Waals surface area contributed by atoms with Gasteiger partial charge in [-0.3, -0.25) is 0 Å². The summed E-state index contributed by atoms with van der Waals surface area (Å²) < 4.78 is 15.8. The van der Waals surface area contributed by atoms with Crippen molar-refractivity contribution in [1.29, 1.82) is 0 Å². The summed E-state index contributed by atoms with van der Waals surface area (Å²) in [6, 6.07) is 8.74. The summed E-state index contributed by atoms with van der Waals surface area (Å²) in [6.07, 6.45) is 3.02. The molecule has 0 saturated heterocycles. The minimum absolute atomic E-state index is 0.0446. The van der Waals surface area contributed by atoms with Gasteiger partial charge in [0.1, 0.15) is 11.3 Å². The Labute approximate surface area is 131 Å². The molecule has 0 saturated carbocycles. The molecule has 0 amide bonds. The molecule has 0 aliphatic rings. The summed E-state index contributed by atoms with van der Waals surface area (Å²) >= 11 is 5.84. The Morgan fingerprint density at radius 3 is 2.73 bits per heavy atom. The van der Waals surface area contributed by atoms with Gasteiger partial charge < -0.3 is 13.6 Å². The van der Waals surface area contributed by atoms with Crippen LogP contribution in [0, 0.1) is 6.92 Å². The fourth-order valence-electron chi connectivity index (χ4n) is 1.93. The van der Waals surface area contributed by atoms with Crippen molar-refractivity contribution in [2.75, 3.05) is 0 Å². The molecule has 5 nitrogen and oxygen atoms in total. The number of nitrogens with zero attached hydrogens (tertiary/aromatic N) is 1. The van der Waals surface area contributed by atoms with Crippen LogP contribution in [0.3, 0.4) is 0 Å². The molecule has 3 aromatic rings. The zero-order chi connectivity index (χ0) is 15.5. The van der Waals surface area contributed by atoms with E-state index in [4.69, 9.17) is 25.2 Å². The van der Waals surface area contributed by atoms with E-state index in [9.17, 15) is 4.79 Å². The number of carbonyl (C=O) groups is 1. The molecule has 0 aliphatic carbocycles. The van der Waals surface area contributed by atoms with Gasteiger partial charge in [0.2, 0.25) is 5.89 Å². The quantitative estimate of drug-likeness (QED) is 0.673. The van der Waals surface area contributed by atoms with E-state index in [0.29, 0.717) is 28.0 Å². The largest absolute Gasteiger partial charge is 0.469 e. The Bertz CT molecular complexity index is 789. The molecule has 0 spiro atoms. The van der Waals surface area contributed by atoms with Crippen molar-refractivity contribution in [2.45, 2.75) is 13.5 Å². The Kier molecular flexibility index (Phi) is 3.98. The molecule has 3 rings (SSSR count). The maximum absolute atomic E-state index is 11.8. The maximum Gasteiger partial charge on any atom is 0.342 e. The molecule has 0 aliphatic heterocycles. The summed E-state index contributed by atoms with van der Waals surface area (Å²) in [7, 11) is 0. The Morgan fingerprint density at radius 1 is 1.27 bits per heavy atom. The van der Waals surface area contributed by atoms with Crippen molar-refractivity contribution in [3.63, 3.8) is 0 Å². The van der Waals surface area contributed by atoms with Crippen LogP contribution in [0.1, 0.15) is 22.0 Å². The fraction of sp³-hybridized carbons (Fsp3) is 0.125. The second-order valence-corrected chi connectivity index (χ2v) is 5.03. The highest BCUT2D eigenvalue weighted by Crippen LogP contribution is 2.22. The number of rotatable bonds is 4. The van der Waals surface area contributed by atoms with Crippen LogP contribution in [0.2, 0.25) is 5.02 Å². The number of carbonyl (C=O) groups excluding carboxylic acids is 1. The Morgan fingerprint density at radius 2 is 2.05 bits per heavy atom. The van der Waals surface area contributed by atoms with Gasteiger partial charge in [-0.15, -0.1) is 0 Å². The molecule has 112 valence electrons. The first-order chi connectivity index (χ1) is 10.6. The van der Waals surface area contributed by atoms with Crippen molar-refractivity contribution in [2.24, 2.45) is 0 Å². The summed E-state index contributed by atoms with van der Waals surface area (Å²) in [5.41, 5.74) is 1.24. The van der Waals surface area contributed by atoms with E-state index in [0.717, 1.165) is 5.56 Å². The average Bonchev–Trinajstić information content (AvgIpc) is 3.14. The third-order valence-electron chi connectivity index (χ3n) is 3.09. The summed E-state index contributed by atoms with van der Waals surface area (Å²) in [4.78, 5) is 15.9. The fourth-order valence-corrected chi connectivity index (χ4v) is 2.05. The van der Waals surface area contributed by atoms with Crippen molar-refractivity contribution in [3.05, 3.63) is 65.0 Å². The van der Waals surface area contributed by atoms with Crippen molar-refractivity contribution in [3.8, 4) is 11.3 Å². The minimum Gasteiger partial charge on any atom is -0.469 e. The van der Waals surface area contributed by atoms with Gasteiger partial charge >= 0.3 is 5.97 Å². The van der Waals surface area contributed by atoms with Gasteiger partial charge in [-0.1, -0.05) is 11.6 Å². The van der Waals surface area contributed by atoms with Crippen LogP contribution in [0.4, 0.5) is 0 Å². The Hall–Kier alpha value is -2.53. The van der Waals surface area contributed by atoms with E-state index >= 15 is 0 Å². The van der Waals surface area contributed by atoms with Crippen molar-refractivity contribution in [1.82, 2.24) is 4.98 Å². The monoisotopic (exact) mass is 317 g/mol. The lowest BCUT2D eigenvalue weighted by molar-refractivity contribution is 0.0437. The number of ether oxygens (including phenoxy) is 1. The number of halogens is 1. The number of furan rings is 1. The third-order valence-corrected chi connectivity index (χ3v) is 3.34. The number of benzene rings is 1. The van der Waals surface area contributed by atoms with Crippen LogP contribution in [-0.4, -0.2) is 11.0 Å². The predicted molar refractivity (Wildman–Crippen MR) is 79.5 cm³/mol. The van der Waals surface area contributed by atoms with Crippen molar-refractivity contribution < 1.29 is 18.4 Å². The SMILES string of the molecule is Cc1occc1C(=O)OCc1ncc(-c2ccc(Cl)cc2)o1. The van der Waals surface area contributed by atoms with Gasteiger partial charge in [-0.05, 0) is 37.3 Å². The highest BCUT2D eigenvalue weighted by molar-refractivity contribution is 6.30. The second-order valence-electron chi connectivity index (χ2n) is 4.59. The third kappa shape index (κ3) is 3.04. The van der Waals surface area contributed by atoms with Crippen LogP contribution in [0.5, 0.6) is 0 Å². The van der Waals surface area contributed by atoms with Crippen LogP contribution in [-0.2, 0) is 11.3 Å². The molecule has 1 aromatic carbocycles. The number of aryl methyl sites for hydroxylation is 1. The lowest BCUT2D eigenvalue weighted by Crippen LogP contribution is -2.05. The molecule has 0 unspecified atom stereocenters. The number of aromatic nitrogens is 1.